The smallest absolute Gasteiger partial charge is 0.0618 e. The first-order chi connectivity index (χ1) is 8.61. The summed E-state index contributed by atoms with van der Waals surface area (Å²) < 4.78 is 5.41. The molecule has 0 aromatic heterocycles. The molecule has 2 heteroatoms. The van der Waals surface area contributed by atoms with Gasteiger partial charge in [-0.15, -0.1) is 0 Å². The molecule has 1 N–H and O–H groups in total. The van der Waals surface area contributed by atoms with Crippen LogP contribution < -0.4 is 5.32 Å². The lowest BCUT2D eigenvalue weighted by atomic mass is 9.73. The Morgan fingerprint density at radius 2 is 1.89 bits per heavy atom. The molecular formula is C16H31NO. The molecule has 2 aliphatic rings. The van der Waals surface area contributed by atoms with Crippen LogP contribution in [0.3, 0.4) is 0 Å². The number of hydrogen-bond donors (Lipinski definition) is 1. The highest BCUT2D eigenvalue weighted by Gasteiger charge is 2.36. The molecule has 0 amide bonds. The molecule has 2 fully saturated rings. The molecular weight excluding hydrogens is 222 g/mol. The quantitative estimate of drug-likeness (QED) is 0.782. The Morgan fingerprint density at radius 3 is 2.44 bits per heavy atom. The van der Waals surface area contributed by atoms with E-state index in [4.69, 9.17) is 4.74 Å². The van der Waals surface area contributed by atoms with Crippen LogP contribution in [0.1, 0.15) is 52.9 Å². The van der Waals surface area contributed by atoms with Gasteiger partial charge in [0, 0.05) is 19.2 Å². The van der Waals surface area contributed by atoms with E-state index in [2.05, 4.69) is 26.1 Å². The van der Waals surface area contributed by atoms with Gasteiger partial charge in [0.1, 0.15) is 0 Å². The van der Waals surface area contributed by atoms with E-state index >= 15 is 0 Å². The van der Waals surface area contributed by atoms with Gasteiger partial charge in [-0.1, -0.05) is 27.2 Å². The summed E-state index contributed by atoms with van der Waals surface area (Å²) in [6, 6.07) is 1.32. The van der Waals surface area contributed by atoms with Gasteiger partial charge in [-0.25, -0.2) is 0 Å². The first-order valence-corrected chi connectivity index (χ1v) is 7.86. The summed E-state index contributed by atoms with van der Waals surface area (Å²) in [6.07, 6.45) is 6.97. The van der Waals surface area contributed by atoms with Crippen LogP contribution in [0.4, 0.5) is 0 Å². The zero-order chi connectivity index (χ0) is 13.1. The van der Waals surface area contributed by atoms with Gasteiger partial charge >= 0.3 is 0 Å². The fraction of sp³-hybridized carbons (Fsp3) is 1.00. The minimum Gasteiger partial charge on any atom is -0.383 e. The van der Waals surface area contributed by atoms with Crippen LogP contribution in [0.5, 0.6) is 0 Å². The molecule has 0 saturated heterocycles. The molecule has 0 aliphatic heterocycles. The van der Waals surface area contributed by atoms with Crippen LogP contribution in [0.2, 0.25) is 0 Å². The second-order valence-corrected chi connectivity index (χ2v) is 7.00. The van der Waals surface area contributed by atoms with Crippen LogP contribution in [0.15, 0.2) is 0 Å². The van der Waals surface area contributed by atoms with E-state index < -0.39 is 0 Å². The van der Waals surface area contributed by atoms with Gasteiger partial charge < -0.3 is 10.1 Å². The number of nitrogens with one attached hydrogen (secondary N) is 1. The highest BCUT2D eigenvalue weighted by molar-refractivity contribution is 4.92. The molecule has 18 heavy (non-hydrogen) atoms. The maximum Gasteiger partial charge on any atom is 0.0618 e. The van der Waals surface area contributed by atoms with Gasteiger partial charge in [0.25, 0.3) is 0 Å². The Hall–Kier alpha value is -0.0800. The largest absolute Gasteiger partial charge is 0.383 e. The van der Waals surface area contributed by atoms with E-state index in [1.54, 1.807) is 0 Å². The van der Waals surface area contributed by atoms with Gasteiger partial charge in [0.2, 0.25) is 0 Å². The summed E-state index contributed by atoms with van der Waals surface area (Å²) in [4.78, 5) is 0. The topological polar surface area (TPSA) is 21.3 Å². The van der Waals surface area contributed by atoms with Crippen molar-refractivity contribution >= 4 is 0 Å². The van der Waals surface area contributed by atoms with Gasteiger partial charge in [0.05, 0.1) is 6.61 Å². The van der Waals surface area contributed by atoms with E-state index in [0.717, 1.165) is 36.3 Å². The Kier molecular flexibility index (Phi) is 5.08. The molecule has 2 aliphatic carbocycles. The van der Waals surface area contributed by atoms with Crippen molar-refractivity contribution < 1.29 is 4.74 Å². The summed E-state index contributed by atoms with van der Waals surface area (Å²) in [5.74, 6) is 3.44. The van der Waals surface area contributed by atoms with Crippen molar-refractivity contribution in [3.05, 3.63) is 0 Å². The third-order valence-corrected chi connectivity index (χ3v) is 4.99. The Bertz CT molecular complexity index is 249. The van der Waals surface area contributed by atoms with E-state index in [9.17, 15) is 0 Å². The van der Waals surface area contributed by atoms with Crippen LogP contribution >= 0.6 is 0 Å². The van der Waals surface area contributed by atoms with E-state index in [1.165, 1.54) is 32.1 Å². The third-order valence-electron chi connectivity index (χ3n) is 4.99. The minimum absolute atomic E-state index is 0.603. The molecule has 0 radical (unpaired) electrons. The molecule has 0 aromatic rings. The average Bonchev–Trinajstić information content (AvgIpc) is 3.12. The lowest BCUT2D eigenvalue weighted by Crippen LogP contribution is -2.49. The van der Waals surface area contributed by atoms with Crippen molar-refractivity contribution in [1.82, 2.24) is 5.32 Å². The molecule has 2 nitrogen and oxygen atoms in total. The molecule has 2 rings (SSSR count). The Morgan fingerprint density at radius 1 is 1.17 bits per heavy atom. The standard InChI is InChI=1S/C16H31NO/c1-11(2)14-8-5-12(3)9-15(14)17-16(10-18-4)13-6-7-13/h11-17H,5-10H2,1-4H3. The summed E-state index contributed by atoms with van der Waals surface area (Å²) in [6.45, 7) is 8.07. The zero-order valence-electron chi connectivity index (χ0n) is 12.6. The van der Waals surface area contributed by atoms with Crippen molar-refractivity contribution in [1.29, 1.82) is 0 Å². The fourth-order valence-corrected chi connectivity index (χ4v) is 3.67. The molecule has 2 saturated carbocycles. The first kappa shape index (κ1) is 14.3. The van der Waals surface area contributed by atoms with Gasteiger partial charge in [-0.2, -0.15) is 0 Å². The zero-order valence-corrected chi connectivity index (χ0v) is 12.6. The maximum atomic E-state index is 5.41. The Labute approximate surface area is 113 Å². The van der Waals surface area contributed by atoms with Crippen molar-refractivity contribution in [2.75, 3.05) is 13.7 Å². The first-order valence-electron chi connectivity index (χ1n) is 7.86. The van der Waals surface area contributed by atoms with Crippen molar-refractivity contribution in [2.24, 2.45) is 23.7 Å². The highest BCUT2D eigenvalue weighted by atomic mass is 16.5. The van der Waals surface area contributed by atoms with E-state index in [1.807, 2.05) is 7.11 Å². The molecule has 0 spiro atoms. The number of rotatable bonds is 6. The van der Waals surface area contributed by atoms with E-state index in [0.29, 0.717) is 6.04 Å². The second-order valence-electron chi connectivity index (χ2n) is 7.00. The lowest BCUT2D eigenvalue weighted by Gasteiger charge is -2.40. The highest BCUT2D eigenvalue weighted by Crippen LogP contribution is 2.37. The van der Waals surface area contributed by atoms with Gasteiger partial charge in [0.15, 0.2) is 0 Å². The molecule has 4 atom stereocenters. The summed E-state index contributed by atoms with van der Waals surface area (Å²) >= 11 is 0. The second kappa shape index (κ2) is 6.38. The van der Waals surface area contributed by atoms with Gasteiger partial charge in [-0.05, 0) is 49.4 Å². The maximum absolute atomic E-state index is 5.41. The number of methoxy groups -OCH3 is 1. The number of ether oxygens (including phenoxy) is 1. The molecule has 4 unspecified atom stereocenters. The minimum atomic E-state index is 0.603. The molecule has 0 bridgehead atoms. The predicted molar refractivity (Wildman–Crippen MR) is 76.7 cm³/mol. The molecule has 106 valence electrons. The van der Waals surface area contributed by atoms with E-state index in [-0.39, 0.29) is 0 Å². The summed E-state index contributed by atoms with van der Waals surface area (Å²) in [5, 5.41) is 3.96. The monoisotopic (exact) mass is 253 g/mol. The van der Waals surface area contributed by atoms with Crippen molar-refractivity contribution in [2.45, 2.75) is 65.0 Å². The van der Waals surface area contributed by atoms with Crippen LogP contribution in [-0.4, -0.2) is 25.8 Å². The van der Waals surface area contributed by atoms with Crippen LogP contribution in [0.25, 0.3) is 0 Å². The third kappa shape index (κ3) is 3.71. The molecule has 0 aromatic carbocycles. The fourth-order valence-electron chi connectivity index (χ4n) is 3.67. The van der Waals surface area contributed by atoms with Gasteiger partial charge in [-0.3, -0.25) is 0 Å². The summed E-state index contributed by atoms with van der Waals surface area (Å²) in [7, 11) is 1.83. The predicted octanol–water partition coefficient (Wildman–Crippen LogP) is 3.46. The number of hydrogen-bond acceptors (Lipinski definition) is 2. The normalized spacial score (nSPS) is 34.8. The lowest BCUT2D eigenvalue weighted by molar-refractivity contribution is 0.112. The van der Waals surface area contributed by atoms with Crippen LogP contribution in [-0.2, 0) is 4.74 Å². The molecule has 0 heterocycles. The SMILES string of the molecule is COCC(NC1CC(C)CCC1C(C)C)C1CC1. The van der Waals surface area contributed by atoms with Crippen molar-refractivity contribution in [3.63, 3.8) is 0 Å². The average molecular weight is 253 g/mol. The van der Waals surface area contributed by atoms with Crippen molar-refractivity contribution in [3.8, 4) is 0 Å². The van der Waals surface area contributed by atoms with Crippen LogP contribution in [0, 0.1) is 23.7 Å². The summed E-state index contributed by atoms with van der Waals surface area (Å²) in [5.41, 5.74) is 0. The Balaban J connectivity index is 1.93.